The van der Waals surface area contributed by atoms with Crippen LogP contribution in [0.2, 0.25) is 0 Å². The maximum atomic E-state index is 11.3. The first-order valence-electron chi connectivity index (χ1n) is 7.28. The summed E-state index contributed by atoms with van der Waals surface area (Å²) in [5.41, 5.74) is 0.163. The van der Waals surface area contributed by atoms with Crippen LogP contribution in [-0.4, -0.2) is 36.7 Å². The van der Waals surface area contributed by atoms with Gasteiger partial charge in [-0.2, -0.15) is 0 Å². The van der Waals surface area contributed by atoms with E-state index in [1.165, 1.54) is 32.1 Å². The molecule has 4 saturated carbocycles. The number of guanidine groups is 1. The number of nitrogens with one attached hydrogen (secondary N) is 2. The van der Waals surface area contributed by atoms with E-state index in [2.05, 4.69) is 15.6 Å². The van der Waals surface area contributed by atoms with Gasteiger partial charge in [0.1, 0.15) is 6.54 Å². The minimum Gasteiger partial charge on any atom is -0.378 e. The lowest BCUT2D eigenvalue weighted by molar-refractivity contribution is -0.157. The Kier molecular flexibility index (Phi) is 2.29. The number of carbonyl (C=O) groups excluding carboxylic acids is 1. The summed E-state index contributed by atoms with van der Waals surface area (Å²) in [7, 11) is 1.86. The molecule has 2 unspecified atom stereocenters. The summed E-state index contributed by atoms with van der Waals surface area (Å²) >= 11 is 0. The molecule has 4 fully saturated rings. The highest BCUT2D eigenvalue weighted by molar-refractivity contribution is 6.03. The molecule has 4 bridgehead atoms. The van der Waals surface area contributed by atoms with Crippen molar-refractivity contribution < 1.29 is 9.53 Å². The van der Waals surface area contributed by atoms with Crippen LogP contribution in [0.4, 0.5) is 0 Å². The molecule has 4 aliphatic carbocycles. The summed E-state index contributed by atoms with van der Waals surface area (Å²) in [6, 6.07) is 0. The molecule has 0 radical (unpaired) electrons. The van der Waals surface area contributed by atoms with Crippen molar-refractivity contribution in [3.05, 3.63) is 0 Å². The van der Waals surface area contributed by atoms with Crippen molar-refractivity contribution in [3.8, 4) is 0 Å². The molecule has 5 heteroatoms. The van der Waals surface area contributed by atoms with Crippen molar-refractivity contribution in [1.82, 2.24) is 10.6 Å². The van der Waals surface area contributed by atoms with Gasteiger partial charge in [-0.25, -0.2) is 4.99 Å². The van der Waals surface area contributed by atoms with Crippen molar-refractivity contribution in [1.29, 1.82) is 0 Å². The Morgan fingerprint density at radius 3 is 2.63 bits per heavy atom. The molecule has 1 amide bonds. The fourth-order valence-electron chi connectivity index (χ4n) is 5.25. The van der Waals surface area contributed by atoms with E-state index in [4.69, 9.17) is 4.74 Å². The van der Waals surface area contributed by atoms with Crippen LogP contribution in [-0.2, 0) is 9.53 Å². The van der Waals surface area contributed by atoms with Gasteiger partial charge in [-0.05, 0) is 50.4 Å². The Hall–Kier alpha value is -1.10. The minimum absolute atomic E-state index is 0.00585. The van der Waals surface area contributed by atoms with E-state index in [0.717, 1.165) is 18.3 Å². The lowest BCUT2D eigenvalue weighted by atomic mass is 9.51. The van der Waals surface area contributed by atoms with E-state index < -0.39 is 0 Å². The van der Waals surface area contributed by atoms with Crippen LogP contribution in [0.3, 0.4) is 0 Å². The molecule has 104 valence electrons. The largest absolute Gasteiger partial charge is 0.378 e. The second kappa shape index (κ2) is 3.72. The van der Waals surface area contributed by atoms with E-state index in [-0.39, 0.29) is 23.6 Å². The summed E-state index contributed by atoms with van der Waals surface area (Å²) in [6.07, 6.45) is 7.23. The van der Waals surface area contributed by atoms with Crippen LogP contribution in [0.15, 0.2) is 4.99 Å². The molecule has 0 saturated heterocycles. The Bertz CT molecular complexity index is 446. The molecule has 0 aromatic carbocycles. The Morgan fingerprint density at radius 1 is 1.32 bits per heavy atom. The number of ether oxygens (including phenoxy) is 1. The molecule has 5 nitrogen and oxygen atoms in total. The maximum absolute atomic E-state index is 11.3. The second-order valence-electron chi connectivity index (χ2n) is 6.97. The van der Waals surface area contributed by atoms with Gasteiger partial charge in [0.15, 0.2) is 5.96 Å². The quantitative estimate of drug-likeness (QED) is 0.774. The molecule has 5 aliphatic rings. The first kappa shape index (κ1) is 11.7. The molecule has 0 aromatic rings. The minimum atomic E-state index is -0.00585. The zero-order valence-corrected chi connectivity index (χ0v) is 11.4. The topological polar surface area (TPSA) is 62.7 Å². The van der Waals surface area contributed by atoms with Gasteiger partial charge < -0.3 is 10.1 Å². The van der Waals surface area contributed by atoms with Crippen molar-refractivity contribution in [2.24, 2.45) is 16.8 Å². The SMILES string of the molecule is COC12CC3CC(CC(NC4=NCC(=O)N4)(C3)C1)C2. The normalized spacial score (nSPS) is 47.2. The summed E-state index contributed by atoms with van der Waals surface area (Å²) < 4.78 is 5.89. The van der Waals surface area contributed by atoms with Gasteiger partial charge in [0.05, 0.1) is 5.60 Å². The van der Waals surface area contributed by atoms with Crippen LogP contribution < -0.4 is 10.6 Å². The first-order chi connectivity index (χ1) is 9.10. The average Bonchev–Trinajstić information content (AvgIpc) is 2.72. The molecule has 1 heterocycles. The van der Waals surface area contributed by atoms with Gasteiger partial charge in [-0.1, -0.05) is 0 Å². The molecule has 2 atom stereocenters. The summed E-state index contributed by atoms with van der Waals surface area (Å²) in [5.74, 6) is 2.21. The Morgan fingerprint density at radius 2 is 2.05 bits per heavy atom. The van der Waals surface area contributed by atoms with Crippen molar-refractivity contribution >= 4 is 11.9 Å². The van der Waals surface area contributed by atoms with E-state index in [0.29, 0.717) is 5.96 Å². The predicted octanol–water partition coefficient (Wildman–Crippen LogP) is 0.800. The van der Waals surface area contributed by atoms with Gasteiger partial charge in [-0.3, -0.25) is 10.1 Å². The summed E-state index contributed by atoms with van der Waals surface area (Å²) in [5, 5.41) is 6.37. The van der Waals surface area contributed by atoms with Crippen LogP contribution >= 0.6 is 0 Å². The summed E-state index contributed by atoms with van der Waals surface area (Å²) in [6.45, 7) is 0.265. The molecular weight excluding hydrogens is 242 g/mol. The van der Waals surface area contributed by atoms with Gasteiger partial charge in [-0.15, -0.1) is 0 Å². The predicted molar refractivity (Wildman–Crippen MR) is 70.7 cm³/mol. The number of amides is 1. The third kappa shape index (κ3) is 1.78. The molecule has 0 aromatic heterocycles. The standard InChI is InChI=1S/C14H21N3O2/c1-19-14-5-9-2-10(6-14)4-13(3-9,8-14)17-12-15-7-11(18)16-12/h9-10H,2-8H2,1H3,(H2,15,16,17,18). The third-order valence-corrected chi connectivity index (χ3v) is 5.46. The lowest BCUT2D eigenvalue weighted by Crippen LogP contribution is -2.66. The average molecular weight is 263 g/mol. The molecule has 1 aliphatic heterocycles. The van der Waals surface area contributed by atoms with E-state index in [1.54, 1.807) is 0 Å². The van der Waals surface area contributed by atoms with E-state index in [9.17, 15) is 4.79 Å². The molecule has 19 heavy (non-hydrogen) atoms. The fraction of sp³-hybridized carbons (Fsp3) is 0.857. The van der Waals surface area contributed by atoms with Gasteiger partial charge >= 0.3 is 0 Å². The van der Waals surface area contributed by atoms with Crippen molar-refractivity contribution in [2.45, 2.75) is 49.7 Å². The number of aliphatic imine (C=N–C) groups is 1. The van der Waals surface area contributed by atoms with Crippen molar-refractivity contribution in [3.63, 3.8) is 0 Å². The monoisotopic (exact) mass is 263 g/mol. The number of rotatable bonds is 2. The van der Waals surface area contributed by atoms with Gasteiger partial charge in [0, 0.05) is 12.6 Å². The van der Waals surface area contributed by atoms with Crippen molar-refractivity contribution in [2.75, 3.05) is 13.7 Å². The van der Waals surface area contributed by atoms with Gasteiger partial charge in [0.25, 0.3) is 0 Å². The zero-order chi connectivity index (χ0) is 13.1. The van der Waals surface area contributed by atoms with Crippen LogP contribution in [0.1, 0.15) is 38.5 Å². The maximum Gasteiger partial charge on any atom is 0.248 e. The van der Waals surface area contributed by atoms with Gasteiger partial charge in [0.2, 0.25) is 5.91 Å². The molecular formula is C14H21N3O2. The van der Waals surface area contributed by atoms with Crippen LogP contribution in [0.25, 0.3) is 0 Å². The smallest absolute Gasteiger partial charge is 0.248 e. The lowest BCUT2D eigenvalue weighted by Gasteiger charge is -2.61. The Balaban J connectivity index is 1.59. The second-order valence-corrected chi connectivity index (χ2v) is 6.97. The molecule has 2 N–H and O–H groups in total. The highest BCUT2D eigenvalue weighted by Crippen LogP contribution is 2.58. The number of methoxy groups -OCH3 is 1. The first-order valence-corrected chi connectivity index (χ1v) is 7.28. The van der Waals surface area contributed by atoms with E-state index >= 15 is 0 Å². The number of nitrogens with zero attached hydrogens (tertiary/aromatic N) is 1. The highest BCUT2D eigenvalue weighted by Gasteiger charge is 2.58. The number of hydrogen-bond acceptors (Lipinski definition) is 4. The fourth-order valence-corrected chi connectivity index (χ4v) is 5.25. The van der Waals surface area contributed by atoms with Crippen LogP contribution in [0, 0.1) is 11.8 Å². The molecule has 5 rings (SSSR count). The van der Waals surface area contributed by atoms with Crippen LogP contribution in [0.5, 0.6) is 0 Å². The third-order valence-electron chi connectivity index (χ3n) is 5.46. The summed E-state index contributed by atoms with van der Waals surface area (Å²) in [4.78, 5) is 15.5. The van der Waals surface area contributed by atoms with E-state index in [1.807, 2.05) is 7.11 Å². The highest BCUT2D eigenvalue weighted by atomic mass is 16.5. The molecule has 0 spiro atoms. The number of hydrogen-bond donors (Lipinski definition) is 2. The number of carbonyl (C=O) groups is 1. The zero-order valence-electron chi connectivity index (χ0n) is 11.4. The Labute approximate surface area is 113 Å².